The molecule has 1 rings (SSSR count). The lowest BCUT2D eigenvalue weighted by molar-refractivity contribution is -0.147. The van der Waals surface area contributed by atoms with Crippen molar-refractivity contribution in [3.8, 4) is 6.07 Å². The van der Waals surface area contributed by atoms with Crippen molar-refractivity contribution < 1.29 is 19.8 Å². The lowest BCUT2D eigenvalue weighted by Crippen LogP contribution is -2.13. The number of benzene rings is 1. The number of nitrogens with zero attached hydrogens (tertiary/aromatic N) is 1. The van der Waals surface area contributed by atoms with Crippen molar-refractivity contribution in [2.45, 2.75) is 18.4 Å². The zero-order valence-electron chi connectivity index (χ0n) is 9.42. The topological polar surface area (TPSA) is 98.4 Å². The van der Waals surface area contributed by atoms with Crippen LogP contribution in [-0.2, 0) is 9.59 Å². The standard InChI is InChI=1S/C12H10ClNO4/c1-6(15)10(13)7-2-3-8(5-14)9(4-7)11(16)12(17)18/h2-4,10-11,16H,1H3,(H,17,18). The van der Waals surface area contributed by atoms with Gasteiger partial charge in [-0.3, -0.25) is 4.79 Å². The Morgan fingerprint density at radius 1 is 1.44 bits per heavy atom. The number of Topliss-reactive ketones (excluding diaryl/α,β-unsaturated/α-hetero) is 1. The van der Waals surface area contributed by atoms with E-state index in [0.29, 0.717) is 5.56 Å². The van der Waals surface area contributed by atoms with Crippen LogP contribution in [0.3, 0.4) is 0 Å². The number of aliphatic hydroxyl groups excluding tert-OH is 1. The first-order valence-corrected chi connectivity index (χ1v) is 5.41. The maximum atomic E-state index is 11.1. The maximum absolute atomic E-state index is 11.1. The van der Waals surface area contributed by atoms with Gasteiger partial charge in [-0.1, -0.05) is 6.07 Å². The Balaban J connectivity index is 3.31. The fourth-order valence-corrected chi connectivity index (χ4v) is 1.57. The third-order valence-corrected chi connectivity index (χ3v) is 2.93. The molecule has 0 radical (unpaired) electrons. The molecule has 0 aliphatic heterocycles. The quantitative estimate of drug-likeness (QED) is 0.807. The van der Waals surface area contributed by atoms with Crippen molar-refractivity contribution in [3.05, 3.63) is 34.9 Å². The van der Waals surface area contributed by atoms with E-state index >= 15 is 0 Å². The van der Waals surface area contributed by atoms with Crippen LogP contribution in [0.2, 0.25) is 0 Å². The molecule has 1 aromatic rings. The van der Waals surface area contributed by atoms with Gasteiger partial charge in [-0.05, 0) is 24.6 Å². The predicted octanol–water partition coefficient (Wildman–Crippen LogP) is 1.55. The number of ketones is 1. The highest BCUT2D eigenvalue weighted by molar-refractivity contribution is 6.30. The summed E-state index contributed by atoms with van der Waals surface area (Å²) in [5.74, 6) is -1.78. The molecule has 94 valence electrons. The SMILES string of the molecule is CC(=O)C(Cl)c1ccc(C#N)c(C(O)C(=O)O)c1. The summed E-state index contributed by atoms with van der Waals surface area (Å²) in [6, 6.07) is 5.82. The van der Waals surface area contributed by atoms with E-state index in [0.717, 1.165) is 0 Å². The van der Waals surface area contributed by atoms with Crippen LogP contribution in [0.5, 0.6) is 0 Å². The molecule has 5 nitrogen and oxygen atoms in total. The average molecular weight is 268 g/mol. The Morgan fingerprint density at radius 2 is 2.06 bits per heavy atom. The number of carboxylic acids is 1. The number of aliphatic hydroxyl groups is 1. The van der Waals surface area contributed by atoms with Crippen LogP contribution in [-0.4, -0.2) is 22.0 Å². The number of halogens is 1. The monoisotopic (exact) mass is 267 g/mol. The first kappa shape index (κ1) is 14.2. The second-order valence-electron chi connectivity index (χ2n) is 3.67. The summed E-state index contributed by atoms with van der Waals surface area (Å²) in [5.41, 5.74) is 0.300. The molecule has 0 fully saturated rings. The van der Waals surface area contributed by atoms with Gasteiger partial charge in [-0.15, -0.1) is 11.6 Å². The zero-order chi connectivity index (χ0) is 13.9. The lowest BCUT2D eigenvalue weighted by atomic mass is 9.98. The van der Waals surface area contributed by atoms with Crippen LogP contribution in [0.4, 0.5) is 0 Å². The van der Waals surface area contributed by atoms with Crippen LogP contribution in [0.15, 0.2) is 18.2 Å². The second kappa shape index (κ2) is 5.63. The third kappa shape index (κ3) is 2.86. The fourth-order valence-electron chi connectivity index (χ4n) is 1.43. The summed E-state index contributed by atoms with van der Waals surface area (Å²) in [5, 5.41) is 26.1. The fraction of sp³-hybridized carbons (Fsp3) is 0.250. The summed E-state index contributed by atoms with van der Waals surface area (Å²) < 4.78 is 0. The van der Waals surface area contributed by atoms with Gasteiger partial charge in [0, 0.05) is 5.56 Å². The second-order valence-corrected chi connectivity index (χ2v) is 4.11. The molecule has 0 aliphatic rings. The van der Waals surface area contributed by atoms with E-state index in [2.05, 4.69) is 0 Å². The van der Waals surface area contributed by atoms with E-state index in [9.17, 15) is 14.7 Å². The third-order valence-electron chi connectivity index (χ3n) is 2.37. The number of alkyl halides is 1. The number of aliphatic carboxylic acids is 1. The molecule has 0 heterocycles. The molecule has 0 aliphatic carbocycles. The number of carbonyl (C=O) groups is 2. The molecule has 0 aromatic heterocycles. The van der Waals surface area contributed by atoms with Gasteiger partial charge in [0.2, 0.25) is 0 Å². The summed E-state index contributed by atoms with van der Waals surface area (Å²) in [6.07, 6.45) is -1.82. The Morgan fingerprint density at radius 3 is 2.50 bits per heavy atom. The van der Waals surface area contributed by atoms with Crippen molar-refractivity contribution >= 4 is 23.4 Å². The highest BCUT2D eigenvalue weighted by Gasteiger charge is 2.22. The number of carboxylic acid groups (broad SMARTS) is 1. The maximum Gasteiger partial charge on any atom is 0.337 e. The molecule has 0 amide bonds. The normalized spacial score (nSPS) is 13.4. The summed E-state index contributed by atoms with van der Waals surface area (Å²) in [4.78, 5) is 21.9. The highest BCUT2D eigenvalue weighted by Crippen LogP contribution is 2.27. The Hall–Kier alpha value is -1.90. The average Bonchev–Trinajstić information content (AvgIpc) is 2.35. The number of hydrogen-bond acceptors (Lipinski definition) is 4. The van der Waals surface area contributed by atoms with E-state index < -0.39 is 17.5 Å². The van der Waals surface area contributed by atoms with Crippen molar-refractivity contribution in [3.63, 3.8) is 0 Å². The molecule has 1 aromatic carbocycles. The molecule has 6 heteroatoms. The van der Waals surface area contributed by atoms with Crippen LogP contribution in [0.1, 0.15) is 35.1 Å². The van der Waals surface area contributed by atoms with Crippen molar-refractivity contribution in [1.29, 1.82) is 5.26 Å². The molecule has 0 spiro atoms. The van der Waals surface area contributed by atoms with E-state index in [1.54, 1.807) is 6.07 Å². The van der Waals surface area contributed by atoms with E-state index in [-0.39, 0.29) is 16.9 Å². The molecule has 0 saturated heterocycles. The molecule has 2 atom stereocenters. The largest absolute Gasteiger partial charge is 0.479 e. The van der Waals surface area contributed by atoms with Crippen molar-refractivity contribution in [2.75, 3.05) is 0 Å². The van der Waals surface area contributed by atoms with Gasteiger partial charge in [-0.25, -0.2) is 4.79 Å². The van der Waals surface area contributed by atoms with Gasteiger partial charge in [0.1, 0.15) is 5.38 Å². The highest BCUT2D eigenvalue weighted by atomic mass is 35.5. The number of hydrogen-bond donors (Lipinski definition) is 2. The smallest absolute Gasteiger partial charge is 0.337 e. The minimum Gasteiger partial charge on any atom is -0.479 e. The van der Waals surface area contributed by atoms with Gasteiger partial charge < -0.3 is 10.2 Å². The number of carbonyl (C=O) groups excluding carboxylic acids is 1. The van der Waals surface area contributed by atoms with Gasteiger partial charge in [-0.2, -0.15) is 5.26 Å². The van der Waals surface area contributed by atoms with Crippen molar-refractivity contribution in [2.24, 2.45) is 0 Å². The Kier molecular flexibility index (Phi) is 4.43. The lowest BCUT2D eigenvalue weighted by Gasteiger charge is -2.12. The first-order chi connectivity index (χ1) is 8.38. The molecule has 0 saturated carbocycles. The number of rotatable bonds is 4. The predicted molar refractivity (Wildman–Crippen MR) is 63.0 cm³/mol. The van der Waals surface area contributed by atoms with Crippen molar-refractivity contribution in [1.82, 2.24) is 0 Å². The minimum absolute atomic E-state index is 0.0288. The van der Waals surface area contributed by atoms with Gasteiger partial charge in [0.25, 0.3) is 0 Å². The van der Waals surface area contributed by atoms with Gasteiger partial charge in [0.05, 0.1) is 11.6 Å². The van der Waals surface area contributed by atoms with Gasteiger partial charge in [0.15, 0.2) is 11.9 Å². The van der Waals surface area contributed by atoms with Crippen LogP contribution < -0.4 is 0 Å². The van der Waals surface area contributed by atoms with Crippen LogP contribution >= 0.6 is 11.6 Å². The van der Waals surface area contributed by atoms with E-state index in [1.807, 2.05) is 0 Å². The summed E-state index contributed by atoms with van der Waals surface area (Å²) >= 11 is 5.83. The van der Waals surface area contributed by atoms with Gasteiger partial charge >= 0.3 is 5.97 Å². The molecular weight excluding hydrogens is 258 g/mol. The zero-order valence-corrected chi connectivity index (χ0v) is 10.2. The first-order valence-electron chi connectivity index (χ1n) is 4.97. The summed E-state index contributed by atoms with van der Waals surface area (Å²) in [6.45, 7) is 1.29. The van der Waals surface area contributed by atoms with E-state index in [4.69, 9.17) is 22.0 Å². The van der Waals surface area contributed by atoms with Crippen LogP contribution in [0.25, 0.3) is 0 Å². The Labute approximate surface area is 108 Å². The van der Waals surface area contributed by atoms with Crippen LogP contribution in [0, 0.1) is 11.3 Å². The molecule has 2 N–H and O–H groups in total. The molecule has 18 heavy (non-hydrogen) atoms. The Bertz CT molecular complexity index is 535. The summed E-state index contributed by atoms with van der Waals surface area (Å²) in [7, 11) is 0. The molecule has 0 bridgehead atoms. The molecular formula is C12H10ClNO4. The number of nitriles is 1. The van der Waals surface area contributed by atoms with E-state index in [1.165, 1.54) is 25.1 Å². The molecule has 2 unspecified atom stereocenters. The minimum atomic E-state index is -1.82.